The molecule has 1 atom stereocenters. The normalized spacial score (nSPS) is 17.4. The SMILES string of the molecule is CCN=C(C=C(N)Cc1ccccc1)C1CCN(CC[C@H](NS(=O)(=O)CC)c2ccccc2)CC1. The molecule has 2 aromatic rings. The lowest BCUT2D eigenvalue weighted by molar-refractivity contribution is 0.202. The Morgan fingerprint density at radius 3 is 2.31 bits per heavy atom. The van der Waals surface area contributed by atoms with Crippen molar-refractivity contribution in [2.45, 2.75) is 45.6 Å². The molecule has 0 saturated carbocycles. The lowest BCUT2D eigenvalue weighted by atomic mass is 9.90. The van der Waals surface area contributed by atoms with Crippen LogP contribution in [0.4, 0.5) is 0 Å². The van der Waals surface area contributed by atoms with Gasteiger partial charge in [-0.3, -0.25) is 4.99 Å². The number of piperidine rings is 1. The zero-order valence-corrected chi connectivity index (χ0v) is 21.9. The standard InChI is InChI=1S/C28H40N4O2S/c1-3-30-28(22-26(29)21-23-11-7-5-8-12-23)25-15-18-32(19-16-25)20-17-27(31-35(33,34)4-2)24-13-9-6-10-14-24/h5-14,22,25,27,31H,3-4,15-21,29H2,1-2H3/t27-/m0/s1. The van der Waals surface area contributed by atoms with E-state index in [2.05, 4.69) is 34.8 Å². The molecule has 3 N–H and O–H groups in total. The predicted octanol–water partition coefficient (Wildman–Crippen LogP) is 4.32. The van der Waals surface area contributed by atoms with Gasteiger partial charge in [-0.05, 0) is 69.9 Å². The number of sulfonamides is 1. The molecule has 35 heavy (non-hydrogen) atoms. The van der Waals surface area contributed by atoms with Gasteiger partial charge in [0.1, 0.15) is 0 Å². The largest absolute Gasteiger partial charge is 0.402 e. The molecule has 7 heteroatoms. The van der Waals surface area contributed by atoms with E-state index in [4.69, 9.17) is 10.7 Å². The Bertz CT molecular complexity index is 1060. The predicted molar refractivity (Wildman–Crippen MR) is 146 cm³/mol. The maximum Gasteiger partial charge on any atom is 0.211 e. The van der Waals surface area contributed by atoms with Gasteiger partial charge in [0.25, 0.3) is 0 Å². The highest BCUT2D eigenvalue weighted by atomic mass is 32.2. The number of hydrogen-bond acceptors (Lipinski definition) is 5. The van der Waals surface area contributed by atoms with Crippen molar-refractivity contribution in [1.29, 1.82) is 0 Å². The number of rotatable bonds is 12. The first-order valence-electron chi connectivity index (χ1n) is 12.7. The minimum Gasteiger partial charge on any atom is -0.402 e. The van der Waals surface area contributed by atoms with Crippen molar-refractivity contribution in [2.75, 3.05) is 31.9 Å². The summed E-state index contributed by atoms with van der Waals surface area (Å²) in [6.07, 6.45) is 5.63. The van der Waals surface area contributed by atoms with Crippen molar-refractivity contribution in [2.24, 2.45) is 16.6 Å². The first kappa shape index (κ1) is 27.1. The van der Waals surface area contributed by atoms with Gasteiger partial charge in [0.15, 0.2) is 0 Å². The van der Waals surface area contributed by atoms with Crippen molar-refractivity contribution in [1.82, 2.24) is 9.62 Å². The number of hydrogen-bond donors (Lipinski definition) is 2. The van der Waals surface area contributed by atoms with Gasteiger partial charge in [0.05, 0.1) is 5.75 Å². The molecule has 1 aliphatic rings. The molecule has 0 bridgehead atoms. The van der Waals surface area contributed by atoms with E-state index in [1.54, 1.807) is 6.92 Å². The van der Waals surface area contributed by atoms with Crippen molar-refractivity contribution >= 4 is 15.7 Å². The summed E-state index contributed by atoms with van der Waals surface area (Å²) in [5.74, 6) is 0.492. The fourth-order valence-electron chi connectivity index (χ4n) is 4.59. The molecular weight excluding hydrogens is 456 g/mol. The third kappa shape index (κ3) is 8.91. The zero-order chi connectivity index (χ0) is 25.1. The molecular formula is C28H40N4O2S. The Kier molecular flexibility index (Phi) is 10.5. The Hall–Kier alpha value is -2.48. The summed E-state index contributed by atoms with van der Waals surface area (Å²) in [5.41, 5.74) is 10.6. The van der Waals surface area contributed by atoms with Crippen molar-refractivity contribution in [3.8, 4) is 0 Å². The van der Waals surface area contributed by atoms with Gasteiger partial charge in [-0.2, -0.15) is 0 Å². The topological polar surface area (TPSA) is 87.8 Å². The van der Waals surface area contributed by atoms with Crippen molar-refractivity contribution < 1.29 is 8.42 Å². The summed E-state index contributed by atoms with van der Waals surface area (Å²) < 4.78 is 27.4. The lowest BCUT2D eigenvalue weighted by Crippen LogP contribution is -2.39. The summed E-state index contributed by atoms with van der Waals surface area (Å²) in [7, 11) is -3.28. The van der Waals surface area contributed by atoms with E-state index in [1.807, 2.05) is 48.5 Å². The molecule has 0 aromatic heterocycles. The van der Waals surface area contributed by atoms with Crippen LogP contribution in [-0.4, -0.2) is 51.0 Å². The smallest absolute Gasteiger partial charge is 0.211 e. The van der Waals surface area contributed by atoms with Crippen LogP contribution in [0.15, 0.2) is 77.4 Å². The first-order valence-corrected chi connectivity index (χ1v) is 14.4. The quantitative estimate of drug-likeness (QED) is 0.429. The zero-order valence-electron chi connectivity index (χ0n) is 21.1. The van der Waals surface area contributed by atoms with Crippen molar-refractivity contribution in [3.05, 3.63) is 83.6 Å². The summed E-state index contributed by atoms with van der Waals surface area (Å²) in [5, 5.41) is 0. The lowest BCUT2D eigenvalue weighted by Gasteiger charge is -2.33. The highest BCUT2D eigenvalue weighted by molar-refractivity contribution is 7.89. The van der Waals surface area contributed by atoms with Crippen LogP contribution < -0.4 is 10.5 Å². The molecule has 0 unspecified atom stereocenters. The molecule has 0 radical (unpaired) electrons. The molecule has 0 amide bonds. The molecule has 1 fully saturated rings. The molecule has 0 aliphatic carbocycles. The minimum atomic E-state index is -3.28. The molecule has 1 aliphatic heterocycles. The van der Waals surface area contributed by atoms with E-state index in [0.717, 1.165) is 68.8 Å². The Morgan fingerprint density at radius 1 is 1.09 bits per heavy atom. The van der Waals surface area contributed by atoms with Crippen LogP contribution >= 0.6 is 0 Å². The van der Waals surface area contributed by atoms with Gasteiger partial charge in [-0.15, -0.1) is 0 Å². The Labute approximate surface area is 211 Å². The Balaban J connectivity index is 1.57. The highest BCUT2D eigenvalue weighted by Crippen LogP contribution is 2.23. The second kappa shape index (κ2) is 13.6. The summed E-state index contributed by atoms with van der Waals surface area (Å²) in [6, 6.07) is 19.9. The van der Waals surface area contributed by atoms with Crippen molar-refractivity contribution in [3.63, 3.8) is 0 Å². The van der Waals surface area contributed by atoms with Gasteiger partial charge in [-0.25, -0.2) is 13.1 Å². The number of nitrogens with one attached hydrogen (secondary N) is 1. The van der Waals surface area contributed by atoms with Gasteiger partial charge < -0.3 is 10.6 Å². The van der Waals surface area contributed by atoms with E-state index >= 15 is 0 Å². The van der Waals surface area contributed by atoms with Gasteiger partial charge >= 0.3 is 0 Å². The van der Waals surface area contributed by atoms with Gasteiger partial charge in [-0.1, -0.05) is 60.7 Å². The van der Waals surface area contributed by atoms with Crippen LogP contribution in [-0.2, 0) is 16.4 Å². The summed E-state index contributed by atoms with van der Waals surface area (Å²) in [6.45, 7) is 7.29. The number of aliphatic imine (C=N–C) groups is 1. The number of nitrogens with zero attached hydrogens (tertiary/aromatic N) is 2. The van der Waals surface area contributed by atoms with E-state index in [9.17, 15) is 8.42 Å². The van der Waals surface area contributed by atoms with E-state index in [1.165, 1.54) is 5.56 Å². The number of nitrogens with two attached hydrogens (primary N) is 1. The average Bonchev–Trinajstić information content (AvgIpc) is 2.88. The van der Waals surface area contributed by atoms with Gasteiger partial charge in [0.2, 0.25) is 10.0 Å². The number of likely N-dealkylation sites (tertiary alicyclic amines) is 1. The fourth-order valence-corrected chi connectivity index (χ4v) is 5.44. The van der Waals surface area contributed by atoms with Crippen LogP contribution in [0.25, 0.3) is 0 Å². The minimum absolute atomic E-state index is 0.0855. The van der Waals surface area contributed by atoms with E-state index < -0.39 is 10.0 Å². The third-order valence-electron chi connectivity index (χ3n) is 6.57. The molecule has 1 heterocycles. The maximum atomic E-state index is 12.3. The van der Waals surface area contributed by atoms with Crippen LogP contribution in [0, 0.1) is 5.92 Å². The van der Waals surface area contributed by atoms with Crippen LogP contribution in [0.1, 0.15) is 50.3 Å². The summed E-state index contributed by atoms with van der Waals surface area (Å²) >= 11 is 0. The molecule has 0 spiro atoms. The maximum absolute atomic E-state index is 12.3. The molecule has 1 saturated heterocycles. The molecule has 6 nitrogen and oxygen atoms in total. The Morgan fingerprint density at radius 2 is 1.71 bits per heavy atom. The highest BCUT2D eigenvalue weighted by Gasteiger charge is 2.24. The van der Waals surface area contributed by atoms with E-state index in [0.29, 0.717) is 5.92 Å². The molecule has 2 aromatic carbocycles. The number of benzene rings is 2. The third-order valence-corrected chi connectivity index (χ3v) is 7.97. The van der Waals surface area contributed by atoms with Gasteiger partial charge in [0, 0.05) is 36.3 Å². The number of allylic oxidation sites excluding steroid dienone is 2. The van der Waals surface area contributed by atoms with Crippen LogP contribution in [0.2, 0.25) is 0 Å². The molecule has 190 valence electrons. The fraction of sp³-hybridized carbons (Fsp3) is 0.464. The molecule has 3 rings (SSSR count). The van der Waals surface area contributed by atoms with Crippen LogP contribution in [0.3, 0.4) is 0 Å². The second-order valence-corrected chi connectivity index (χ2v) is 11.2. The monoisotopic (exact) mass is 496 g/mol. The van der Waals surface area contributed by atoms with Crippen LogP contribution in [0.5, 0.6) is 0 Å². The average molecular weight is 497 g/mol. The van der Waals surface area contributed by atoms with E-state index in [-0.39, 0.29) is 11.8 Å². The summed E-state index contributed by atoms with van der Waals surface area (Å²) in [4.78, 5) is 7.22. The second-order valence-electron chi connectivity index (χ2n) is 9.17. The first-order chi connectivity index (χ1) is 16.9.